The van der Waals surface area contributed by atoms with E-state index in [0.29, 0.717) is 30.0 Å². The topological polar surface area (TPSA) is 96.0 Å². The Labute approximate surface area is 216 Å². The number of benzene rings is 2. The number of aromatic nitrogens is 2. The summed E-state index contributed by atoms with van der Waals surface area (Å²) in [4.78, 5) is 34.6. The zero-order valence-corrected chi connectivity index (χ0v) is 21.1. The number of rotatable bonds is 7. The molecule has 7 nitrogen and oxygen atoms in total. The molecule has 2 amide bonds. The molecule has 1 aliphatic carbocycles. The van der Waals surface area contributed by atoms with E-state index in [9.17, 15) is 22.8 Å². The van der Waals surface area contributed by atoms with Crippen molar-refractivity contribution in [1.29, 1.82) is 0 Å². The van der Waals surface area contributed by atoms with Crippen molar-refractivity contribution in [3.8, 4) is 0 Å². The molecule has 0 atom stereocenters. The average Bonchev–Trinajstić information content (AvgIpc) is 3.63. The summed E-state index contributed by atoms with van der Waals surface area (Å²) in [6, 6.07) is 9.74. The number of carbonyl (C=O) groups excluding carboxylic acids is 2. The highest BCUT2D eigenvalue weighted by Crippen LogP contribution is 2.48. The van der Waals surface area contributed by atoms with Gasteiger partial charge in [-0.3, -0.25) is 9.59 Å². The van der Waals surface area contributed by atoms with Crippen LogP contribution in [0.1, 0.15) is 53.9 Å². The van der Waals surface area contributed by atoms with Crippen LogP contribution in [0.3, 0.4) is 0 Å². The lowest BCUT2D eigenvalue weighted by atomic mass is 10.00. The summed E-state index contributed by atoms with van der Waals surface area (Å²) < 4.78 is 39.5. The molecule has 4 rings (SSSR count). The SMILES string of the molecule is Cc1ccc(C(=O)Nc2ccc(Cl)c(C(F)(F)F)c2)cc1NC(=O)C1(c2cc(NC(C)C)ncn2)CC1. The third-order valence-electron chi connectivity index (χ3n) is 6.06. The average molecular weight is 532 g/mol. The molecule has 11 heteroatoms. The van der Waals surface area contributed by atoms with Gasteiger partial charge in [0.05, 0.1) is 21.7 Å². The number of aryl methyl sites for hydroxylation is 1. The van der Waals surface area contributed by atoms with Crippen molar-refractivity contribution in [3.63, 3.8) is 0 Å². The van der Waals surface area contributed by atoms with E-state index in [2.05, 4.69) is 25.9 Å². The number of nitrogens with zero attached hydrogens (tertiary/aromatic N) is 2. The van der Waals surface area contributed by atoms with Gasteiger partial charge in [-0.25, -0.2) is 9.97 Å². The van der Waals surface area contributed by atoms with E-state index in [4.69, 9.17) is 11.6 Å². The maximum Gasteiger partial charge on any atom is 0.417 e. The zero-order valence-electron chi connectivity index (χ0n) is 20.3. The second-order valence-electron chi connectivity index (χ2n) is 9.30. The fourth-order valence-corrected chi connectivity index (χ4v) is 4.11. The van der Waals surface area contributed by atoms with Crippen LogP contribution in [-0.4, -0.2) is 27.8 Å². The first-order valence-corrected chi connectivity index (χ1v) is 12.0. The standard InChI is InChI=1S/C26H25ClF3N5O2/c1-14(2)33-22-12-21(31-13-32-22)25(8-9-25)24(37)35-20-10-16(5-4-15(20)3)23(36)34-17-6-7-19(27)18(11-17)26(28,29)30/h4-7,10-14H,8-9H2,1-3H3,(H,34,36)(H,35,37)(H,31,32,33). The van der Waals surface area contributed by atoms with Gasteiger partial charge in [-0.15, -0.1) is 0 Å². The Morgan fingerprint density at radius 2 is 1.76 bits per heavy atom. The summed E-state index contributed by atoms with van der Waals surface area (Å²) in [5, 5.41) is 8.09. The number of halogens is 4. The highest BCUT2D eigenvalue weighted by Gasteiger charge is 2.53. The van der Waals surface area contributed by atoms with Crippen LogP contribution < -0.4 is 16.0 Å². The van der Waals surface area contributed by atoms with E-state index in [0.717, 1.165) is 17.7 Å². The number of amides is 2. The van der Waals surface area contributed by atoms with E-state index in [-0.39, 0.29) is 23.2 Å². The molecule has 3 N–H and O–H groups in total. The maximum atomic E-state index is 13.3. The minimum Gasteiger partial charge on any atom is -0.368 e. The normalized spacial score (nSPS) is 14.3. The molecule has 1 saturated carbocycles. The highest BCUT2D eigenvalue weighted by atomic mass is 35.5. The molecule has 194 valence electrons. The lowest BCUT2D eigenvalue weighted by molar-refractivity contribution is -0.137. The molecule has 1 fully saturated rings. The number of anilines is 3. The van der Waals surface area contributed by atoms with Crippen molar-refractivity contribution in [1.82, 2.24) is 9.97 Å². The van der Waals surface area contributed by atoms with Crippen LogP contribution in [0, 0.1) is 6.92 Å². The lowest BCUT2D eigenvalue weighted by Crippen LogP contribution is -2.29. The molecule has 1 heterocycles. The summed E-state index contributed by atoms with van der Waals surface area (Å²) >= 11 is 5.65. The maximum absolute atomic E-state index is 13.3. The predicted octanol–water partition coefficient (Wildman–Crippen LogP) is 6.20. The Kier molecular flexibility index (Phi) is 7.14. The van der Waals surface area contributed by atoms with Crippen LogP contribution in [0.15, 0.2) is 48.8 Å². The van der Waals surface area contributed by atoms with Crippen LogP contribution >= 0.6 is 11.6 Å². The second-order valence-corrected chi connectivity index (χ2v) is 9.71. The molecule has 0 saturated heterocycles. The molecule has 0 bridgehead atoms. The smallest absolute Gasteiger partial charge is 0.368 e. The highest BCUT2D eigenvalue weighted by molar-refractivity contribution is 6.31. The van der Waals surface area contributed by atoms with Gasteiger partial charge >= 0.3 is 6.18 Å². The predicted molar refractivity (Wildman–Crippen MR) is 136 cm³/mol. The van der Waals surface area contributed by atoms with Gasteiger partial charge in [0, 0.05) is 29.0 Å². The molecule has 0 aliphatic heterocycles. The molecule has 37 heavy (non-hydrogen) atoms. The number of nitrogens with one attached hydrogen (secondary N) is 3. The van der Waals surface area contributed by atoms with Gasteiger partial charge in [0.25, 0.3) is 5.91 Å². The summed E-state index contributed by atoms with van der Waals surface area (Å²) in [7, 11) is 0. The summed E-state index contributed by atoms with van der Waals surface area (Å²) in [5.41, 5.74) is 0.0206. The quantitative estimate of drug-likeness (QED) is 0.337. The van der Waals surface area contributed by atoms with Gasteiger partial charge in [0.15, 0.2) is 0 Å². The van der Waals surface area contributed by atoms with Gasteiger partial charge in [-0.2, -0.15) is 13.2 Å². The molecule has 2 aromatic carbocycles. The Hall–Kier alpha value is -3.66. The lowest BCUT2D eigenvalue weighted by Gasteiger charge is -2.18. The van der Waals surface area contributed by atoms with Crippen molar-refractivity contribution in [2.45, 2.75) is 51.2 Å². The minimum atomic E-state index is -4.66. The summed E-state index contributed by atoms with van der Waals surface area (Å²) in [5.74, 6) is -0.257. The van der Waals surface area contributed by atoms with Gasteiger partial charge in [0.2, 0.25) is 5.91 Å². The summed E-state index contributed by atoms with van der Waals surface area (Å²) in [6.45, 7) is 5.74. The molecule has 0 radical (unpaired) electrons. The van der Waals surface area contributed by atoms with Gasteiger partial charge in [0.1, 0.15) is 12.1 Å². The van der Waals surface area contributed by atoms with Gasteiger partial charge in [-0.1, -0.05) is 17.7 Å². The first-order valence-electron chi connectivity index (χ1n) is 11.6. The Morgan fingerprint density at radius 1 is 1.03 bits per heavy atom. The molecule has 0 spiro atoms. The van der Waals surface area contributed by atoms with E-state index >= 15 is 0 Å². The zero-order chi connectivity index (χ0) is 27.0. The van der Waals surface area contributed by atoms with Crippen LogP contribution in [-0.2, 0) is 16.4 Å². The molecule has 1 aromatic heterocycles. The number of hydrogen-bond acceptors (Lipinski definition) is 5. The van der Waals surface area contributed by atoms with Crippen molar-refractivity contribution in [3.05, 3.63) is 76.2 Å². The van der Waals surface area contributed by atoms with E-state index in [1.165, 1.54) is 24.5 Å². The van der Waals surface area contributed by atoms with Crippen LogP contribution in [0.25, 0.3) is 0 Å². The number of carbonyl (C=O) groups is 2. The van der Waals surface area contributed by atoms with Crippen LogP contribution in [0.4, 0.5) is 30.4 Å². The van der Waals surface area contributed by atoms with Gasteiger partial charge < -0.3 is 16.0 Å². The fourth-order valence-electron chi connectivity index (χ4n) is 3.88. The third-order valence-corrected chi connectivity index (χ3v) is 6.39. The fraction of sp³-hybridized carbons (Fsp3) is 0.308. The molecule has 3 aromatic rings. The van der Waals surface area contributed by atoms with Crippen LogP contribution in [0.2, 0.25) is 5.02 Å². The first-order chi connectivity index (χ1) is 17.4. The second kappa shape index (κ2) is 10.0. The Morgan fingerprint density at radius 3 is 2.41 bits per heavy atom. The largest absolute Gasteiger partial charge is 0.417 e. The van der Waals surface area contributed by atoms with E-state index in [1.807, 2.05) is 13.8 Å². The number of alkyl halides is 3. The van der Waals surface area contributed by atoms with E-state index in [1.54, 1.807) is 19.1 Å². The van der Waals surface area contributed by atoms with Gasteiger partial charge in [-0.05, 0) is 69.5 Å². The third kappa shape index (κ3) is 5.85. The molecular weight excluding hydrogens is 507 g/mol. The Bertz CT molecular complexity index is 1360. The number of hydrogen-bond donors (Lipinski definition) is 3. The van der Waals surface area contributed by atoms with E-state index < -0.39 is 28.1 Å². The summed E-state index contributed by atoms with van der Waals surface area (Å²) in [6.07, 6.45) is -2.00. The molecule has 0 unspecified atom stereocenters. The monoisotopic (exact) mass is 531 g/mol. The molecular formula is C26H25ClF3N5O2. The van der Waals surface area contributed by atoms with Crippen molar-refractivity contribution in [2.24, 2.45) is 0 Å². The van der Waals surface area contributed by atoms with Crippen molar-refractivity contribution < 1.29 is 22.8 Å². The Balaban J connectivity index is 1.52. The van der Waals surface area contributed by atoms with Crippen molar-refractivity contribution >= 4 is 40.6 Å². The minimum absolute atomic E-state index is 0.0561. The van der Waals surface area contributed by atoms with Crippen LogP contribution in [0.5, 0.6) is 0 Å². The first kappa shape index (κ1) is 26.4. The van der Waals surface area contributed by atoms with Crippen molar-refractivity contribution in [2.75, 3.05) is 16.0 Å². The molecule has 1 aliphatic rings.